The molecule has 0 unspecified atom stereocenters. The third kappa shape index (κ3) is 2.15. The minimum atomic E-state index is 0.876. The lowest BCUT2D eigenvalue weighted by Gasteiger charge is -2.13. The molecule has 0 aliphatic heterocycles. The van der Waals surface area contributed by atoms with Crippen molar-refractivity contribution in [2.45, 2.75) is 12.8 Å². The van der Waals surface area contributed by atoms with Crippen molar-refractivity contribution in [1.82, 2.24) is 19.4 Å². The Bertz CT molecular complexity index is 2070. The van der Waals surface area contributed by atoms with E-state index in [0.717, 1.165) is 46.1 Å². The monoisotopic (exact) mass is 446 g/mol. The molecule has 162 valence electrons. The summed E-state index contributed by atoms with van der Waals surface area (Å²) < 4.78 is 2.20. The Morgan fingerprint density at radius 1 is 0.629 bits per heavy atom. The largest absolute Gasteiger partial charge is 0.274 e. The molecule has 0 atom stereocenters. The van der Waals surface area contributed by atoms with E-state index < -0.39 is 0 Å². The van der Waals surface area contributed by atoms with Gasteiger partial charge in [-0.1, -0.05) is 42.5 Å². The standard InChI is InChI=1S/C31H18N4/c1-2-6-21-17(5-1)13-19-15-20-14-18-9-10-22-28(27(18)24(20)16-23(19)21)31-34-25-7-3-12-33-30(25)35(31)26-8-4-11-32-29(22)26/h1-12,15-16H,13-14H2. The van der Waals surface area contributed by atoms with E-state index in [2.05, 4.69) is 59.0 Å². The second kappa shape index (κ2) is 6.10. The van der Waals surface area contributed by atoms with Crippen LogP contribution in [0, 0.1) is 0 Å². The number of hydrogen-bond acceptors (Lipinski definition) is 3. The highest BCUT2D eigenvalue weighted by molar-refractivity contribution is 6.18. The van der Waals surface area contributed by atoms with E-state index in [9.17, 15) is 0 Å². The van der Waals surface area contributed by atoms with E-state index in [-0.39, 0.29) is 0 Å². The molecule has 0 N–H and O–H groups in total. The number of hydrogen-bond donors (Lipinski definition) is 0. The number of imidazole rings is 1. The van der Waals surface area contributed by atoms with Crippen molar-refractivity contribution in [1.29, 1.82) is 0 Å². The average Bonchev–Trinajstić information content (AvgIpc) is 3.58. The Morgan fingerprint density at radius 3 is 2.49 bits per heavy atom. The summed E-state index contributed by atoms with van der Waals surface area (Å²) in [5.41, 5.74) is 15.8. The molecule has 0 saturated heterocycles. The van der Waals surface area contributed by atoms with Crippen LogP contribution in [0.3, 0.4) is 0 Å². The highest BCUT2D eigenvalue weighted by Crippen LogP contribution is 2.48. The number of fused-ring (bicyclic) bond motifs is 15. The second-order valence-electron chi connectivity index (χ2n) is 9.69. The van der Waals surface area contributed by atoms with E-state index in [0.29, 0.717) is 0 Å². The fourth-order valence-corrected chi connectivity index (χ4v) is 6.44. The van der Waals surface area contributed by atoms with Gasteiger partial charge < -0.3 is 0 Å². The van der Waals surface area contributed by atoms with Gasteiger partial charge >= 0.3 is 0 Å². The molecule has 0 radical (unpaired) electrons. The van der Waals surface area contributed by atoms with E-state index in [1.54, 1.807) is 0 Å². The van der Waals surface area contributed by atoms with E-state index in [1.165, 1.54) is 49.9 Å². The summed E-state index contributed by atoms with van der Waals surface area (Å²) in [5, 5.41) is 2.33. The molecular formula is C31H18N4. The molecule has 0 amide bonds. The molecule has 4 heteroatoms. The van der Waals surface area contributed by atoms with Crippen LogP contribution >= 0.6 is 0 Å². The van der Waals surface area contributed by atoms with Crippen LogP contribution in [0.2, 0.25) is 0 Å². The smallest absolute Gasteiger partial charge is 0.165 e. The van der Waals surface area contributed by atoms with Gasteiger partial charge in [-0.2, -0.15) is 0 Å². The molecule has 9 rings (SSSR count). The lowest BCUT2D eigenvalue weighted by Crippen LogP contribution is -1.96. The van der Waals surface area contributed by atoms with Crippen molar-refractivity contribution in [2.75, 3.05) is 0 Å². The molecule has 2 aliphatic carbocycles. The van der Waals surface area contributed by atoms with Crippen LogP contribution in [0.5, 0.6) is 0 Å². The van der Waals surface area contributed by atoms with Crippen LogP contribution in [-0.2, 0) is 12.8 Å². The van der Waals surface area contributed by atoms with Gasteiger partial charge in [-0.15, -0.1) is 0 Å². The average molecular weight is 447 g/mol. The summed E-state index contributed by atoms with van der Waals surface area (Å²) in [4.78, 5) is 14.7. The summed E-state index contributed by atoms with van der Waals surface area (Å²) in [6.45, 7) is 0. The van der Waals surface area contributed by atoms with Crippen molar-refractivity contribution < 1.29 is 0 Å². The number of nitrogens with zero attached hydrogens (tertiary/aromatic N) is 4. The molecule has 7 aromatic rings. The Hall–Kier alpha value is -4.57. The van der Waals surface area contributed by atoms with Gasteiger partial charge in [0.05, 0.1) is 11.0 Å². The summed E-state index contributed by atoms with van der Waals surface area (Å²) in [5.74, 6) is 0. The van der Waals surface area contributed by atoms with Crippen LogP contribution in [0.25, 0.3) is 60.9 Å². The first kappa shape index (κ1) is 17.8. The Balaban J connectivity index is 1.48. The van der Waals surface area contributed by atoms with Gasteiger partial charge in [0, 0.05) is 23.2 Å². The maximum Gasteiger partial charge on any atom is 0.165 e. The van der Waals surface area contributed by atoms with Gasteiger partial charge in [0.1, 0.15) is 11.2 Å². The van der Waals surface area contributed by atoms with Gasteiger partial charge in [-0.25, -0.2) is 9.97 Å². The zero-order valence-electron chi connectivity index (χ0n) is 18.8. The molecule has 2 aliphatic rings. The molecule has 0 bridgehead atoms. The predicted molar refractivity (Wildman–Crippen MR) is 140 cm³/mol. The first-order valence-electron chi connectivity index (χ1n) is 12.0. The highest BCUT2D eigenvalue weighted by atomic mass is 15.1. The zero-order valence-corrected chi connectivity index (χ0v) is 18.8. The SMILES string of the molecule is c1ccc2c(c1)Cc1cc3c(cc1-2)-c1c(ccc2c4ncccc4n4c5ncccc5nc4c12)C3. The highest BCUT2D eigenvalue weighted by Gasteiger charge is 2.28. The second-order valence-corrected chi connectivity index (χ2v) is 9.69. The van der Waals surface area contributed by atoms with Crippen molar-refractivity contribution in [3.05, 3.63) is 107 Å². The van der Waals surface area contributed by atoms with Gasteiger partial charge in [0.25, 0.3) is 0 Å². The quantitative estimate of drug-likeness (QED) is 0.243. The lowest BCUT2D eigenvalue weighted by atomic mass is 9.94. The number of benzene rings is 3. The van der Waals surface area contributed by atoms with Gasteiger partial charge in [-0.3, -0.25) is 9.38 Å². The lowest BCUT2D eigenvalue weighted by molar-refractivity contribution is 1.21. The molecular weight excluding hydrogens is 428 g/mol. The molecule has 0 saturated carbocycles. The molecule has 3 aromatic carbocycles. The summed E-state index contributed by atoms with van der Waals surface area (Å²) >= 11 is 0. The number of aromatic nitrogens is 4. The van der Waals surface area contributed by atoms with Gasteiger partial charge in [0.2, 0.25) is 0 Å². The van der Waals surface area contributed by atoms with E-state index in [1.807, 2.05) is 30.6 Å². The minimum absolute atomic E-state index is 0.876. The Kier molecular flexibility index (Phi) is 3.11. The predicted octanol–water partition coefficient (Wildman–Crippen LogP) is 6.73. The summed E-state index contributed by atoms with van der Waals surface area (Å²) in [6.07, 6.45) is 5.70. The molecule has 4 aromatic heterocycles. The number of pyridine rings is 3. The minimum Gasteiger partial charge on any atom is -0.274 e. The van der Waals surface area contributed by atoms with Crippen LogP contribution in [-0.4, -0.2) is 19.4 Å². The molecule has 35 heavy (non-hydrogen) atoms. The first-order valence-corrected chi connectivity index (χ1v) is 12.0. The maximum absolute atomic E-state index is 5.13. The first-order chi connectivity index (χ1) is 17.3. The molecule has 0 spiro atoms. The van der Waals surface area contributed by atoms with Gasteiger partial charge in [-0.05, 0) is 87.7 Å². The molecule has 0 fully saturated rings. The zero-order chi connectivity index (χ0) is 22.7. The number of rotatable bonds is 0. The van der Waals surface area contributed by atoms with E-state index in [4.69, 9.17) is 15.0 Å². The van der Waals surface area contributed by atoms with Gasteiger partial charge in [0.15, 0.2) is 5.65 Å². The maximum atomic E-state index is 5.13. The normalized spacial score (nSPS) is 13.5. The summed E-state index contributed by atoms with van der Waals surface area (Å²) in [6, 6.07) is 26.3. The topological polar surface area (TPSA) is 43.1 Å². The van der Waals surface area contributed by atoms with Crippen molar-refractivity contribution in [2.24, 2.45) is 0 Å². The van der Waals surface area contributed by atoms with E-state index >= 15 is 0 Å². The fraction of sp³-hybridized carbons (Fsp3) is 0.0645. The van der Waals surface area contributed by atoms with Crippen molar-refractivity contribution >= 4 is 38.6 Å². The van der Waals surface area contributed by atoms with Crippen molar-refractivity contribution in [3.63, 3.8) is 0 Å². The third-order valence-corrected chi connectivity index (χ3v) is 7.88. The third-order valence-electron chi connectivity index (χ3n) is 7.88. The Labute approximate surface area is 200 Å². The van der Waals surface area contributed by atoms with Crippen LogP contribution < -0.4 is 0 Å². The Morgan fingerprint density at radius 2 is 1.49 bits per heavy atom. The fourth-order valence-electron chi connectivity index (χ4n) is 6.44. The summed E-state index contributed by atoms with van der Waals surface area (Å²) in [7, 11) is 0. The van der Waals surface area contributed by atoms with Crippen LogP contribution in [0.15, 0.2) is 85.2 Å². The molecule has 4 heterocycles. The van der Waals surface area contributed by atoms with Crippen LogP contribution in [0.1, 0.15) is 22.3 Å². The van der Waals surface area contributed by atoms with Crippen molar-refractivity contribution in [3.8, 4) is 22.3 Å². The molecule has 4 nitrogen and oxygen atoms in total. The van der Waals surface area contributed by atoms with Crippen LogP contribution in [0.4, 0.5) is 0 Å².